The number of rotatable bonds is 10. The van der Waals surface area contributed by atoms with E-state index < -0.39 is 46.4 Å². The van der Waals surface area contributed by atoms with Gasteiger partial charge in [0, 0.05) is 21.1 Å². The number of carbonyl (C=O) groups excluding carboxylic acids is 2. The molecule has 12 nitrogen and oxygen atoms in total. The summed E-state index contributed by atoms with van der Waals surface area (Å²) in [7, 11) is 1.69. The minimum absolute atomic E-state index is 0.000486. The van der Waals surface area contributed by atoms with Gasteiger partial charge >= 0.3 is 0 Å². The molecular weight excluding hydrogens is 953 g/mol. The molecule has 5 aromatic rings. The smallest absolute Gasteiger partial charge is 0.277 e. The monoisotopic (exact) mass is 987 g/mol. The highest BCUT2D eigenvalue weighted by atomic mass is 127. The number of fused-ring (bicyclic) bond motifs is 1. The molecule has 2 fully saturated rings. The number of amides is 2. The summed E-state index contributed by atoms with van der Waals surface area (Å²) in [4.78, 5) is 35.8. The van der Waals surface area contributed by atoms with Crippen molar-refractivity contribution >= 4 is 95.7 Å². The van der Waals surface area contributed by atoms with Gasteiger partial charge in [-0.05, 0) is 96.6 Å². The van der Waals surface area contributed by atoms with E-state index in [2.05, 4.69) is 42.3 Å². The molecule has 0 radical (unpaired) electrons. The van der Waals surface area contributed by atoms with Gasteiger partial charge < -0.3 is 35.6 Å². The number of likely N-dealkylation sites (tertiary alicyclic amines) is 1. The van der Waals surface area contributed by atoms with Gasteiger partial charge in [0.1, 0.15) is 16.9 Å². The normalized spacial score (nSPS) is 16.0. The topological polar surface area (TPSA) is 153 Å². The van der Waals surface area contributed by atoms with E-state index in [0.717, 1.165) is 36.3 Å². The first-order chi connectivity index (χ1) is 27.2. The fourth-order valence-corrected chi connectivity index (χ4v) is 7.68. The molecule has 57 heavy (non-hydrogen) atoms. The molecule has 0 spiro atoms. The van der Waals surface area contributed by atoms with Crippen LogP contribution in [0.2, 0.25) is 5.02 Å². The third-order valence-electron chi connectivity index (χ3n) is 9.45. The third-order valence-corrected chi connectivity index (χ3v) is 10.9. The van der Waals surface area contributed by atoms with Gasteiger partial charge in [0.2, 0.25) is 0 Å². The molecule has 1 aromatic heterocycles. The Bertz CT molecular complexity index is 2310. The molecule has 2 amide bonds. The van der Waals surface area contributed by atoms with Crippen molar-refractivity contribution < 1.29 is 42.2 Å². The average Bonchev–Trinajstić information content (AvgIpc) is 3.55. The van der Waals surface area contributed by atoms with Gasteiger partial charge in [-0.25, -0.2) is 28.0 Å². The Morgan fingerprint density at radius 2 is 1.72 bits per heavy atom. The number of carbonyl (C=O) groups is 2. The van der Waals surface area contributed by atoms with Crippen LogP contribution in [-0.4, -0.2) is 81.0 Å². The van der Waals surface area contributed by atoms with E-state index >= 15 is 4.39 Å². The van der Waals surface area contributed by atoms with E-state index in [0.29, 0.717) is 19.8 Å². The standard InChI is InChI=1S/C21H21F3IN3O2.C17H15BrClFN4O3/c22-14-6-5-13(19(18(14)24)27-16-7-4-12(25)9-15(16)23)20(29)28-10-21(30,11-28)17-3-1-2-8-26-17;1-24-8-21-16-13(24)7-10(17(26)23-27-5-4-25)15(14(16)20)22-12-3-2-9(18)6-11(12)19/h4-7,9,17,26-27,30H,1-3,8,10-11H2;2-3,6-8,22,25H,4-5H2,1H3,(H,23,26)/t17-;/m0./s1. The van der Waals surface area contributed by atoms with Crippen LogP contribution in [0.15, 0.2) is 65.4 Å². The van der Waals surface area contributed by atoms with E-state index in [-0.39, 0.29) is 60.4 Å². The Balaban J connectivity index is 0.000000194. The first-order valence-corrected chi connectivity index (χ1v) is 19.8. The third kappa shape index (κ3) is 9.48. The SMILES string of the molecule is Cn1cnc2c(F)c(Nc3ccc(Br)cc3Cl)c(C(=O)NOCCO)cc21.O=C(c1ccc(F)c(F)c1Nc1ccc(I)cc1F)N1CC(O)([C@@H]2CCCCN2)C1. The first-order valence-electron chi connectivity index (χ1n) is 17.5. The number of anilines is 4. The summed E-state index contributed by atoms with van der Waals surface area (Å²) in [5, 5.41) is 28.6. The zero-order valence-corrected chi connectivity index (χ0v) is 34.6. The van der Waals surface area contributed by atoms with Gasteiger partial charge in [-0.2, -0.15) is 0 Å². The molecule has 0 bridgehead atoms. The molecule has 302 valence electrons. The number of aliphatic hydroxyl groups excluding tert-OH is 1. The second kappa shape index (κ2) is 18.3. The number of hydrogen-bond acceptors (Lipinski definition) is 9. The number of imidazole rings is 1. The van der Waals surface area contributed by atoms with Crippen molar-refractivity contribution in [2.75, 3.05) is 43.5 Å². The fraction of sp³-hybridized carbons (Fsp3) is 0.289. The zero-order valence-electron chi connectivity index (χ0n) is 30.1. The van der Waals surface area contributed by atoms with E-state index in [4.69, 9.17) is 21.5 Å². The summed E-state index contributed by atoms with van der Waals surface area (Å²) >= 11 is 11.4. The van der Waals surface area contributed by atoms with Crippen LogP contribution in [0.1, 0.15) is 40.0 Å². The number of hydrogen-bond donors (Lipinski definition) is 6. The van der Waals surface area contributed by atoms with Gasteiger partial charge in [-0.1, -0.05) is 34.0 Å². The molecule has 3 heterocycles. The second-order valence-corrected chi connectivity index (χ2v) is 16.0. The Morgan fingerprint density at radius 1 is 1.00 bits per heavy atom. The number of piperidine rings is 1. The molecule has 7 rings (SSSR count). The van der Waals surface area contributed by atoms with Crippen LogP contribution in [-0.2, 0) is 11.9 Å². The van der Waals surface area contributed by atoms with Crippen molar-refractivity contribution in [2.45, 2.75) is 30.9 Å². The highest BCUT2D eigenvalue weighted by molar-refractivity contribution is 14.1. The van der Waals surface area contributed by atoms with Crippen LogP contribution in [0.25, 0.3) is 11.0 Å². The summed E-state index contributed by atoms with van der Waals surface area (Å²) in [6, 6.07) is 12.7. The summed E-state index contributed by atoms with van der Waals surface area (Å²) in [6.45, 7) is 0.651. The average molecular weight is 989 g/mol. The van der Waals surface area contributed by atoms with Crippen molar-refractivity contribution in [3.05, 3.63) is 108 Å². The molecule has 2 saturated heterocycles. The van der Waals surface area contributed by atoms with Crippen LogP contribution in [0, 0.1) is 26.8 Å². The Labute approximate surface area is 351 Å². The predicted molar refractivity (Wildman–Crippen MR) is 219 cm³/mol. The van der Waals surface area contributed by atoms with Crippen molar-refractivity contribution in [1.29, 1.82) is 0 Å². The van der Waals surface area contributed by atoms with Gasteiger partial charge in [-0.3, -0.25) is 14.4 Å². The fourth-order valence-electron chi connectivity index (χ4n) is 6.50. The summed E-state index contributed by atoms with van der Waals surface area (Å²) < 4.78 is 60.8. The molecule has 19 heteroatoms. The summed E-state index contributed by atoms with van der Waals surface area (Å²) in [5.74, 6) is -4.98. The number of nitrogens with zero attached hydrogens (tertiary/aromatic N) is 3. The van der Waals surface area contributed by atoms with Crippen LogP contribution in [0.4, 0.5) is 40.3 Å². The molecule has 1 atom stereocenters. The molecule has 0 aliphatic carbocycles. The Hall–Kier alpha value is -4.05. The van der Waals surface area contributed by atoms with Crippen LogP contribution >= 0.6 is 50.1 Å². The van der Waals surface area contributed by atoms with E-state index in [1.807, 2.05) is 22.6 Å². The number of aryl methyl sites for hydroxylation is 1. The quantitative estimate of drug-likeness (QED) is 0.0367. The zero-order chi connectivity index (χ0) is 41.0. The first kappa shape index (κ1) is 42.6. The van der Waals surface area contributed by atoms with Gasteiger partial charge in [0.05, 0.1) is 77.0 Å². The van der Waals surface area contributed by atoms with Crippen molar-refractivity contribution in [2.24, 2.45) is 7.05 Å². The number of hydroxylamine groups is 1. The van der Waals surface area contributed by atoms with Crippen LogP contribution in [0.3, 0.4) is 0 Å². The van der Waals surface area contributed by atoms with Gasteiger partial charge in [0.15, 0.2) is 17.5 Å². The van der Waals surface area contributed by atoms with Crippen molar-refractivity contribution in [3.8, 4) is 0 Å². The lowest BCUT2D eigenvalue weighted by atomic mass is 9.81. The molecule has 2 aliphatic heterocycles. The maximum atomic E-state index is 15.1. The van der Waals surface area contributed by atoms with E-state index in [1.54, 1.807) is 35.9 Å². The number of halogens is 7. The molecular formula is C38H36BrClF4IN7O5. The Kier molecular flexibility index (Phi) is 13.6. The number of benzene rings is 4. The molecule has 4 aromatic carbocycles. The molecule has 6 N–H and O–H groups in total. The van der Waals surface area contributed by atoms with Crippen molar-refractivity contribution in [1.82, 2.24) is 25.2 Å². The summed E-state index contributed by atoms with van der Waals surface area (Å²) in [6.07, 6.45) is 4.33. The molecule has 0 saturated carbocycles. The highest BCUT2D eigenvalue weighted by Crippen LogP contribution is 2.36. The minimum Gasteiger partial charge on any atom is -0.394 e. The number of β-amino-alcohol motifs (C(OH)–C–C–N with tert-alkyl or cyclic N) is 1. The lowest BCUT2D eigenvalue weighted by Crippen LogP contribution is -2.72. The molecule has 0 unspecified atom stereocenters. The lowest BCUT2D eigenvalue weighted by molar-refractivity contribution is -0.108. The van der Waals surface area contributed by atoms with E-state index in [1.165, 1.54) is 35.5 Å². The van der Waals surface area contributed by atoms with Crippen LogP contribution in [0.5, 0.6) is 0 Å². The maximum Gasteiger partial charge on any atom is 0.277 e. The Morgan fingerprint density at radius 3 is 2.40 bits per heavy atom. The minimum atomic E-state index is -1.26. The largest absolute Gasteiger partial charge is 0.394 e. The van der Waals surface area contributed by atoms with E-state index in [9.17, 15) is 27.9 Å². The van der Waals surface area contributed by atoms with Gasteiger partial charge in [-0.15, -0.1) is 0 Å². The number of aliphatic hydroxyl groups is 2. The molecule has 2 aliphatic rings. The lowest BCUT2D eigenvalue weighted by Gasteiger charge is -2.51. The van der Waals surface area contributed by atoms with Crippen LogP contribution < -0.4 is 21.4 Å². The predicted octanol–water partition coefficient (Wildman–Crippen LogP) is 7.31. The second-order valence-electron chi connectivity index (χ2n) is 13.4. The summed E-state index contributed by atoms with van der Waals surface area (Å²) in [5.41, 5.74) is 1.41. The van der Waals surface area contributed by atoms with Gasteiger partial charge in [0.25, 0.3) is 11.8 Å². The maximum absolute atomic E-state index is 15.1. The number of aromatic nitrogens is 2. The van der Waals surface area contributed by atoms with Crippen molar-refractivity contribution in [3.63, 3.8) is 0 Å². The number of nitrogens with one attached hydrogen (secondary N) is 4. The highest BCUT2D eigenvalue weighted by Gasteiger charge is 2.49.